The highest BCUT2D eigenvalue weighted by Gasteiger charge is 2.41. The molecule has 1 aliphatic heterocycles. The van der Waals surface area contributed by atoms with Gasteiger partial charge in [0, 0.05) is 19.1 Å². The van der Waals surface area contributed by atoms with E-state index in [0.29, 0.717) is 24.9 Å². The van der Waals surface area contributed by atoms with Crippen molar-refractivity contribution in [3.05, 3.63) is 0 Å². The molecule has 3 unspecified atom stereocenters. The van der Waals surface area contributed by atoms with Gasteiger partial charge in [0.1, 0.15) is 0 Å². The van der Waals surface area contributed by atoms with Gasteiger partial charge in [-0.25, -0.2) is 12.7 Å². The molecule has 2 aliphatic rings. The second-order valence-electron chi connectivity index (χ2n) is 4.60. The topological polar surface area (TPSA) is 63.4 Å². The summed E-state index contributed by atoms with van der Waals surface area (Å²) in [7, 11) is -3.01. The van der Waals surface area contributed by atoms with Gasteiger partial charge in [0.05, 0.1) is 6.26 Å². The van der Waals surface area contributed by atoms with Crippen molar-refractivity contribution in [3.63, 3.8) is 0 Å². The number of sulfonamides is 1. The van der Waals surface area contributed by atoms with Crippen LogP contribution in [0.25, 0.3) is 0 Å². The van der Waals surface area contributed by atoms with E-state index in [4.69, 9.17) is 5.73 Å². The molecule has 1 heterocycles. The minimum absolute atomic E-state index is 0.209. The Morgan fingerprint density at radius 2 is 2.00 bits per heavy atom. The molecule has 1 aliphatic carbocycles. The van der Waals surface area contributed by atoms with Crippen molar-refractivity contribution < 1.29 is 8.42 Å². The molecule has 0 aromatic heterocycles. The number of fused-ring (bicyclic) bond motifs is 1. The number of hydrogen-bond donors (Lipinski definition) is 1. The molecule has 2 N–H and O–H groups in total. The van der Waals surface area contributed by atoms with E-state index in [1.54, 1.807) is 4.31 Å². The molecule has 14 heavy (non-hydrogen) atoms. The van der Waals surface area contributed by atoms with Crippen LogP contribution in [0.4, 0.5) is 0 Å². The van der Waals surface area contributed by atoms with E-state index in [0.717, 1.165) is 19.3 Å². The van der Waals surface area contributed by atoms with Crippen molar-refractivity contribution in [2.75, 3.05) is 19.3 Å². The summed E-state index contributed by atoms with van der Waals surface area (Å²) >= 11 is 0. The quantitative estimate of drug-likeness (QED) is 0.674. The molecular weight excluding hydrogens is 200 g/mol. The van der Waals surface area contributed by atoms with Crippen molar-refractivity contribution in [1.29, 1.82) is 0 Å². The van der Waals surface area contributed by atoms with E-state index in [1.807, 2.05) is 0 Å². The first-order valence-corrected chi connectivity index (χ1v) is 7.04. The average molecular weight is 218 g/mol. The summed E-state index contributed by atoms with van der Waals surface area (Å²) in [5.74, 6) is 0.909. The lowest BCUT2D eigenvalue weighted by atomic mass is 9.78. The van der Waals surface area contributed by atoms with Gasteiger partial charge < -0.3 is 5.73 Å². The molecule has 1 saturated carbocycles. The van der Waals surface area contributed by atoms with Crippen LogP contribution in [-0.2, 0) is 10.0 Å². The van der Waals surface area contributed by atoms with E-state index >= 15 is 0 Å². The summed E-state index contributed by atoms with van der Waals surface area (Å²) in [6, 6.07) is 0.209. The molecule has 4 nitrogen and oxygen atoms in total. The fraction of sp³-hybridized carbons (Fsp3) is 1.00. The SMILES string of the molecule is CS(=O)(=O)N1CC2CCCC(N)C2C1. The van der Waals surface area contributed by atoms with Crippen LogP contribution in [-0.4, -0.2) is 38.1 Å². The first-order valence-electron chi connectivity index (χ1n) is 5.19. The number of nitrogens with two attached hydrogens (primary N) is 1. The van der Waals surface area contributed by atoms with Crippen LogP contribution in [0.1, 0.15) is 19.3 Å². The molecule has 0 spiro atoms. The van der Waals surface area contributed by atoms with Crippen LogP contribution in [0.2, 0.25) is 0 Å². The Morgan fingerprint density at radius 3 is 2.57 bits per heavy atom. The van der Waals surface area contributed by atoms with Gasteiger partial charge >= 0.3 is 0 Å². The van der Waals surface area contributed by atoms with Gasteiger partial charge in [0.2, 0.25) is 10.0 Å². The summed E-state index contributed by atoms with van der Waals surface area (Å²) in [5, 5.41) is 0. The van der Waals surface area contributed by atoms with Gasteiger partial charge in [-0.3, -0.25) is 0 Å². The van der Waals surface area contributed by atoms with Crippen molar-refractivity contribution in [3.8, 4) is 0 Å². The third-order valence-corrected chi connectivity index (χ3v) is 4.83. The lowest BCUT2D eigenvalue weighted by Crippen LogP contribution is -2.38. The van der Waals surface area contributed by atoms with Gasteiger partial charge in [-0.15, -0.1) is 0 Å². The lowest BCUT2D eigenvalue weighted by molar-refractivity contribution is 0.260. The highest BCUT2D eigenvalue weighted by molar-refractivity contribution is 7.88. The zero-order valence-corrected chi connectivity index (χ0v) is 9.33. The van der Waals surface area contributed by atoms with Crippen molar-refractivity contribution in [1.82, 2.24) is 4.31 Å². The van der Waals surface area contributed by atoms with E-state index in [2.05, 4.69) is 0 Å². The summed E-state index contributed by atoms with van der Waals surface area (Å²) in [6.07, 6.45) is 4.64. The maximum atomic E-state index is 11.4. The predicted octanol–water partition coefficient (Wildman–Crippen LogP) is 0.00520. The highest BCUT2D eigenvalue weighted by atomic mass is 32.2. The standard InChI is InChI=1S/C9H18N2O2S/c1-14(12,13)11-5-7-3-2-4-9(10)8(7)6-11/h7-9H,2-6,10H2,1H3. The first-order chi connectivity index (χ1) is 6.48. The van der Waals surface area contributed by atoms with Crippen LogP contribution in [0.15, 0.2) is 0 Å². The third-order valence-electron chi connectivity index (χ3n) is 3.59. The zero-order valence-electron chi connectivity index (χ0n) is 8.52. The molecule has 5 heteroatoms. The van der Waals surface area contributed by atoms with Crippen molar-refractivity contribution in [2.45, 2.75) is 25.3 Å². The summed E-state index contributed by atoms with van der Waals surface area (Å²) in [4.78, 5) is 0. The fourth-order valence-corrected chi connectivity index (χ4v) is 3.65. The lowest BCUT2D eigenvalue weighted by Gasteiger charge is -2.29. The molecule has 3 atom stereocenters. The first kappa shape index (κ1) is 10.4. The van der Waals surface area contributed by atoms with Crippen LogP contribution >= 0.6 is 0 Å². The zero-order chi connectivity index (χ0) is 10.3. The Morgan fingerprint density at radius 1 is 1.29 bits per heavy atom. The maximum Gasteiger partial charge on any atom is 0.211 e. The fourth-order valence-electron chi connectivity index (χ4n) is 2.75. The molecule has 0 bridgehead atoms. The van der Waals surface area contributed by atoms with Crippen LogP contribution in [0.5, 0.6) is 0 Å². The molecule has 2 rings (SSSR count). The molecule has 1 saturated heterocycles. The van der Waals surface area contributed by atoms with Crippen LogP contribution in [0, 0.1) is 11.8 Å². The van der Waals surface area contributed by atoms with Gasteiger partial charge in [-0.1, -0.05) is 6.42 Å². The molecule has 0 radical (unpaired) electrons. The van der Waals surface area contributed by atoms with E-state index < -0.39 is 10.0 Å². The second-order valence-corrected chi connectivity index (χ2v) is 6.58. The van der Waals surface area contributed by atoms with E-state index in [1.165, 1.54) is 6.26 Å². The Labute approximate surface area is 85.5 Å². The second kappa shape index (κ2) is 3.47. The number of hydrogen-bond acceptors (Lipinski definition) is 3. The summed E-state index contributed by atoms with van der Waals surface area (Å²) < 4.78 is 24.3. The maximum absolute atomic E-state index is 11.4. The Kier molecular flexibility index (Phi) is 2.57. The summed E-state index contributed by atoms with van der Waals surface area (Å²) in [6.45, 7) is 1.34. The van der Waals surface area contributed by atoms with E-state index in [-0.39, 0.29) is 6.04 Å². The van der Waals surface area contributed by atoms with Gasteiger partial charge in [-0.05, 0) is 24.7 Å². The Bertz CT molecular complexity index is 315. The number of nitrogens with zero attached hydrogens (tertiary/aromatic N) is 1. The Hall–Kier alpha value is -0.130. The molecule has 2 fully saturated rings. The minimum atomic E-state index is -3.01. The normalized spacial score (nSPS) is 39.7. The Balaban J connectivity index is 2.12. The van der Waals surface area contributed by atoms with Gasteiger partial charge in [0.15, 0.2) is 0 Å². The smallest absolute Gasteiger partial charge is 0.211 e. The molecular formula is C9H18N2O2S. The summed E-state index contributed by atoms with van der Waals surface area (Å²) in [5.41, 5.74) is 6.00. The molecule has 0 amide bonds. The van der Waals surface area contributed by atoms with Gasteiger partial charge in [-0.2, -0.15) is 0 Å². The van der Waals surface area contributed by atoms with Crippen molar-refractivity contribution >= 4 is 10.0 Å². The average Bonchev–Trinajstić information content (AvgIpc) is 2.48. The van der Waals surface area contributed by atoms with Gasteiger partial charge in [0.25, 0.3) is 0 Å². The monoisotopic (exact) mass is 218 g/mol. The highest BCUT2D eigenvalue weighted by Crippen LogP contribution is 2.36. The largest absolute Gasteiger partial charge is 0.327 e. The third kappa shape index (κ3) is 1.81. The molecule has 0 aromatic rings. The van der Waals surface area contributed by atoms with E-state index in [9.17, 15) is 8.42 Å². The van der Waals surface area contributed by atoms with Crippen LogP contribution < -0.4 is 5.73 Å². The molecule has 82 valence electrons. The minimum Gasteiger partial charge on any atom is -0.327 e. The predicted molar refractivity (Wildman–Crippen MR) is 55.2 cm³/mol. The van der Waals surface area contributed by atoms with Crippen molar-refractivity contribution in [2.24, 2.45) is 17.6 Å². The molecule has 0 aromatic carbocycles. The number of rotatable bonds is 1. The van der Waals surface area contributed by atoms with Crippen LogP contribution in [0.3, 0.4) is 0 Å².